The molecule has 10 heavy (non-hydrogen) atoms. The lowest BCUT2D eigenvalue weighted by molar-refractivity contribution is -0.133. The van der Waals surface area contributed by atoms with Gasteiger partial charge in [0.15, 0.2) is 0 Å². The van der Waals surface area contributed by atoms with Gasteiger partial charge in [-0.05, 0) is 5.92 Å². The molecule has 4 nitrogen and oxygen atoms in total. The number of nitrogens with two attached hydrogens (primary N) is 1. The normalized spacial score (nSPS) is 13.3. The van der Waals surface area contributed by atoms with Gasteiger partial charge in [0.1, 0.15) is 6.10 Å². The van der Waals surface area contributed by atoms with Crippen LogP contribution in [0.3, 0.4) is 0 Å². The molecule has 0 aliphatic rings. The van der Waals surface area contributed by atoms with E-state index in [9.17, 15) is 4.79 Å². The summed E-state index contributed by atoms with van der Waals surface area (Å²) in [7, 11) is 1.49. The molecule has 0 aromatic carbocycles. The van der Waals surface area contributed by atoms with Crippen molar-refractivity contribution in [3.8, 4) is 0 Å². The highest BCUT2D eigenvalue weighted by atomic mass is 16.5. The van der Waals surface area contributed by atoms with Gasteiger partial charge in [0.2, 0.25) is 0 Å². The van der Waals surface area contributed by atoms with Gasteiger partial charge in [-0.3, -0.25) is 10.2 Å². The van der Waals surface area contributed by atoms with E-state index in [1.165, 1.54) is 7.11 Å². The Morgan fingerprint density at radius 3 is 2.20 bits per heavy atom. The van der Waals surface area contributed by atoms with E-state index in [2.05, 4.69) is 0 Å². The molecule has 0 heterocycles. The monoisotopic (exact) mass is 146 g/mol. The molecule has 0 saturated heterocycles. The highest BCUT2D eigenvalue weighted by Gasteiger charge is 2.19. The Hall–Kier alpha value is -0.610. The van der Waals surface area contributed by atoms with Gasteiger partial charge in [0.25, 0.3) is 5.91 Å². The maximum Gasteiger partial charge on any atom is 0.263 e. The van der Waals surface area contributed by atoms with E-state index in [4.69, 9.17) is 10.6 Å². The molecule has 0 aromatic rings. The van der Waals surface area contributed by atoms with Gasteiger partial charge in [-0.15, -0.1) is 0 Å². The van der Waals surface area contributed by atoms with Crippen LogP contribution in [0.4, 0.5) is 0 Å². The molecule has 0 bridgehead atoms. The summed E-state index contributed by atoms with van der Waals surface area (Å²) < 4.78 is 4.87. The molecule has 0 spiro atoms. The topological polar surface area (TPSA) is 64.3 Å². The zero-order chi connectivity index (χ0) is 8.15. The van der Waals surface area contributed by atoms with E-state index in [1.54, 1.807) is 0 Å². The van der Waals surface area contributed by atoms with Crippen LogP contribution in [-0.2, 0) is 9.53 Å². The van der Waals surface area contributed by atoms with Gasteiger partial charge in [-0.1, -0.05) is 13.8 Å². The Kier molecular flexibility index (Phi) is 3.99. The molecule has 4 heteroatoms. The Bertz CT molecular complexity index is 114. The summed E-state index contributed by atoms with van der Waals surface area (Å²) in [5.41, 5.74) is 2.03. The first-order valence-corrected chi connectivity index (χ1v) is 3.16. The van der Waals surface area contributed by atoms with E-state index in [1.807, 2.05) is 19.3 Å². The molecule has 0 unspecified atom stereocenters. The van der Waals surface area contributed by atoms with Crippen LogP contribution in [0.5, 0.6) is 0 Å². The number of nitrogens with one attached hydrogen (secondary N) is 1. The fourth-order valence-electron chi connectivity index (χ4n) is 0.764. The number of hydrogen-bond donors (Lipinski definition) is 2. The first-order chi connectivity index (χ1) is 4.63. The van der Waals surface area contributed by atoms with Crippen molar-refractivity contribution < 1.29 is 9.53 Å². The average molecular weight is 146 g/mol. The van der Waals surface area contributed by atoms with E-state index >= 15 is 0 Å². The molecule has 0 aromatic heterocycles. The summed E-state index contributed by atoms with van der Waals surface area (Å²) >= 11 is 0. The lowest BCUT2D eigenvalue weighted by Crippen LogP contribution is -2.42. The summed E-state index contributed by atoms with van der Waals surface area (Å²) in [6, 6.07) is 0. The molecular weight excluding hydrogens is 132 g/mol. The fraction of sp³-hybridized carbons (Fsp3) is 0.833. The van der Waals surface area contributed by atoms with Crippen molar-refractivity contribution >= 4 is 5.91 Å². The first-order valence-electron chi connectivity index (χ1n) is 3.16. The van der Waals surface area contributed by atoms with E-state index in [0.29, 0.717) is 0 Å². The number of rotatable bonds is 3. The highest BCUT2D eigenvalue weighted by Crippen LogP contribution is 2.04. The predicted octanol–water partition coefficient (Wildman–Crippen LogP) is -0.353. The highest BCUT2D eigenvalue weighted by molar-refractivity contribution is 5.80. The summed E-state index contributed by atoms with van der Waals surface area (Å²) in [6.07, 6.45) is -0.440. The first kappa shape index (κ1) is 9.39. The summed E-state index contributed by atoms with van der Waals surface area (Å²) in [6.45, 7) is 3.78. The third-order valence-corrected chi connectivity index (χ3v) is 1.26. The lowest BCUT2D eigenvalue weighted by atomic mass is 10.1. The van der Waals surface area contributed by atoms with Crippen LogP contribution in [-0.4, -0.2) is 19.1 Å². The predicted molar refractivity (Wildman–Crippen MR) is 38.0 cm³/mol. The van der Waals surface area contributed by atoms with Crippen molar-refractivity contribution in [3.63, 3.8) is 0 Å². The molecule has 0 aliphatic carbocycles. The van der Waals surface area contributed by atoms with Gasteiger partial charge in [0.05, 0.1) is 0 Å². The van der Waals surface area contributed by atoms with Crippen LogP contribution in [0.15, 0.2) is 0 Å². The molecule has 60 valence electrons. The van der Waals surface area contributed by atoms with Gasteiger partial charge in [-0.2, -0.15) is 0 Å². The number of methoxy groups -OCH3 is 1. The SMILES string of the molecule is CO[C@H](C(=O)NN)C(C)C. The van der Waals surface area contributed by atoms with Crippen LogP contribution >= 0.6 is 0 Å². The van der Waals surface area contributed by atoms with Crippen molar-refractivity contribution in [3.05, 3.63) is 0 Å². The van der Waals surface area contributed by atoms with E-state index < -0.39 is 6.10 Å². The van der Waals surface area contributed by atoms with Crippen molar-refractivity contribution in [2.24, 2.45) is 11.8 Å². The molecule has 0 aliphatic heterocycles. The van der Waals surface area contributed by atoms with Gasteiger partial charge < -0.3 is 4.74 Å². The second-order valence-electron chi connectivity index (χ2n) is 2.41. The van der Waals surface area contributed by atoms with Crippen LogP contribution in [0.1, 0.15) is 13.8 Å². The third-order valence-electron chi connectivity index (χ3n) is 1.26. The molecule has 0 saturated carbocycles. The Labute approximate surface area is 60.7 Å². The second kappa shape index (κ2) is 4.24. The van der Waals surface area contributed by atoms with E-state index in [0.717, 1.165) is 0 Å². The minimum Gasteiger partial charge on any atom is -0.371 e. The lowest BCUT2D eigenvalue weighted by Gasteiger charge is -2.16. The summed E-state index contributed by atoms with van der Waals surface area (Å²) in [4.78, 5) is 10.8. The molecule has 0 radical (unpaired) electrons. The maximum atomic E-state index is 10.8. The summed E-state index contributed by atoms with van der Waals surface area (Å²) in [5, 5.41) is 0. The molecule has 1 amide bonds. The number of hydrogen-bond acceptors (Lipinski definition) is 3. The van der Waals surface area contributed by atoms with Gasteiger partial charge in [0, 0.05) is 7.11 Å². The minimum absolute atomic E-state index is 0.147. The smallest absolute Gasteiger partial charge is 0.263 e. The maximum absolute atomic E-state index is 10.8. The number of ether oxygens (including phenoxy) is 1. The number of amides is 1. The Morgan fingerprint density at radius 1 is 1.60 bits per heavy atom. The number of hydrazine groups is 1. The largest absolute Gasteiger partial charge is 0.371 e. The van der Waals surface area contributed by atoms with Crippen molar-refractivity contribution in [1.29, 1.82) is 0 Å². The van der Waals surface area contributed by atoms with Crippen molar-refractivity contribution in [1.82, 2.24) is 5.43 Å². The van der Waals surface area contributed by atoms with Crippen LogP contribution in [0, 0.1) is 5.92 Å². The Morgan fingerprint density at radius 2 is 2.10 bits per heavy atom. The quantitative estimate of drug-likeness (QED) is 0.325. The van der Waals surface area contributed by atoms with Gasteiger partial charge in [-0.25, -0.2) is 5.84 Å². The minimum atomic E-state index is -0.440. The number of carbonyl (C=O) groups is 1. The van der Waals surface area contributed by atoms with Crippen LogP contribution in [0.2, 0.25) is 0 Å². The van der Waals surface area contributed by atoms with Gasteiger partial charge >= 0.3 is 0 Å². The molecular formula is C6H14N2O2. The third kappa shape index (κ3) is 2.33. The van der Waals surface area contributed by atoms with Crippen molar-refractivity contribution in [2.45, 2.75) is 20.0 Å². The average Bonchev–Trinajstić information content (AvgIpc) is 1.88. The molecule has 1 atom stereocenters. The number of carbonyl (C=O) groups excluding carboxylic acids is 1. The second-order valence-corrected chi connectivity index (χ2v) is 2.41. The van der Waals surface area contributed by atoms with Crippen LogP contribution < -0.4 is 11.3 Å². The molecule has 0 rings (SSSR count). The van der Waals surface area contributed by atoms with Crippen LogP contribution in [0.25, 0.3) is 0 Å². The van der Waals surface area contributed by atoms with Crippen molar-refractivity contribution in [2.75, 3.05) is 7.11 Å². The van der Waals surface area contributed by atoms with E-state index in [-0.39, 0.29) is 11.8 Å². The summed E-state index contributed by atoms with van der Waals surface area (Å²) in [5.74, 6) is 4.77. The molecule has 0 fully saturated rings. The fourth-order valence-corrected chi connectivity index (χ4v) is 0.764. The Balaban J connectivity index is 3.93. The zero-order valence-electron chi connectivity index (χ0n) is 6.55. The standard InChI is InChI=1S/C6H14N2O2/c1-4(2)5(10-3)6(9)8-7/h4-5H,7H2,1-3H3,(H,8,9)/t5-/m0/s1. The zero-order valence-corrected chi connectivity index (χ0v) is 6.55. The molecule has 3 N–H and O–H groups in total.